The van der Waals surface area contributed by atoms with Crippen molar-refractivity contribution in [3.63, 3.8) is 0 Å². The molecule has 4 aliphatic heterocycles. The van der Waals surface area contributed by atoms with E-state index in [-0.39, 0.29) is 81.7 Å². The first-order chi connectivity index (χ1) is 36.3. The molecular weight excluding hydrogens is 1060 g/mol. The predicted molar refractivity (Wildman–Crippen MR) is 290 cm³/mol. The van der Waals surface area contributed by atoms with Crippen LogP contribution in [0.25, 0.3) is 9.40 Å². The third kappa shape index (κ3) is 16.1. The van der Waals surface area contributed by atoms with E-state index < -0.39 is 5.97 Å². The Bertz CT molecular complexity index is 2720. The molecule has 5 heterocycles. The molecule has 0 unspecified atom stereocenters. The van der Waals surface area contributed by atoms with Gasteiger partial charge in [0, 0.05) is 63.2 Å². The lowest BCUT2D eigenvalue weighted by molar-refractivity contribution is -0.302. The fourth-order valence-corrected chi connectivity index (χ4v) is 13.0. The summed E-state index contributed by atoms with van der Waals surface area (Å²) < 4.78 is 20.2. The molecule has 76 heavy (non-hydrogen) atoms. The molecule has 8 rings (SSSR count). The molecule has 0 saturated carbocycles. The molecule has 0 spiro atoms. The van der Waals surface area contributed by atoms with E-state index in [1.165, 1.54) is 92.3 Å². The summed E-state index contributed by atoms with van der Waals surface area (Å²) in [5.74, 6) is -1.55. The number of phenolic OH excluding ortho intramolecular Hbond substituents is 4. The Morgan fingerprint density at radius 2 is 1.09 bits per heavy atom. The Labute approximate surface area is 458 Å². The number of carbonyl (C=O) groups is 7. The Hall–Kier alpha value is -6.24. The summed E-state index contributed by atoms with van der Waals surface area (Å²) >= 11 is 5.33. The van der Waals surface area contributed by atoms with Crippen LogP contribution in [0.3, 0.4) is 0 Å². The highest BCUT2D eigenvalue weighted by molar-refractivity contribution is 8.25. The second-order valence-electron chi connectivity index (χ2n) is 17.4. The summed E-state index contributed by atoms with van der Waals surface area (Å²) in [5.41, 5.74) is 0.108. The number of hydrazine groups is 2. The van der Waals surface area contributed by atoms with Gasteiger partial charge in [-0.25, -0.2) is 14.6 Å². The number of aromatic hydroxyl groups is 4. The van der Waals surface area contributed by atoms with Gasteiger partial charge in [-0.2, -0.15) is 0 Å². The van der Waals surface area contributed by atoms with Gasteiger partial charge in [0.1, 0.15) is 41.3 Å². The number of unbranched alkanes of at least 4 members (excludes halogenated alkanes) is 4. The highest BCUT2D eigenvalue weighted by atomic mass is 32.2. The van der Waals surface area contributed by atoms with Gasteiger partial charge in [-0.05, 0) is 51.2 Å². The number of carbonyl (C=O) groups excluding carboxylic acids is 7. The number of allylic oxidation sites excluding steroid dienone is 3. The van der Waals surface area contributed by atoms with Crippen molar-refractivity contribution in [3.05, 3.63) is 49.9 Å². The zero-order valence-electron chi connectivity index (χ0n) is 44.3. The van der Waals surface area contributed by atoms with Crippen LogP contribution in [0.15, 0.2) is 55.7 Å². The number of amides is 4. The Morgan fingerprint density at radius 1 is 0.632 bits per heavy atom. The Morgan fingerprint density at radius 3 is 1.57 bits per heavy atom. The topological polar surface area (TPSA) is 267 Å². The first-order valence-corrected chi connectivity index (χ1v) is 28.4. The van der Waals surface area contributed by atoms with E-state index in [1.54, 1.807) is 21.4 Å². The number of phenols is 4. The van der Waals surface area contributed by atoms with Crippen molar-refractivity contribution in [2.24, 2.45) is 0 Å². The maximum atomic E-state index is 13.1. The second-order valence-corrected chi connectivity index (χ2v) is 21.9. The van der Waals surface area contributed by atoms with Crippen molar-refractivity contribution < 1.29 is 73.3 Å². The Balaban J connectivity index is 0.000000226. The normalized spacial score (nSPS) is 15.9. The van der Waals surface area contributed by atoms with E-state index in [0.717, 1.165) is 104 Å². The molecule has 20 nitrogen and oxygen atoms in total. The number of nitrogens with zero attached hydrogens (tertiary/aromatic N) is 5. The number of carboxylic acid groups (broad SMARTS) is 1. The molecule has 24 heteroatoms. The molecule has 4 amide bonds. The number of hydrogen-bond acceptors (Lipinski definition) is 19. The number of hydrogen-bond donors (Lipinski definition) is 4. The standard InChI is InChI=1S/C19H24N2O5S2.C13H15NO3S2.C11H20N2O2.C7H6O3.C2H4O2/c1-4-6-8-20-17(24)13(18(25)21(20)9-7-5-2)19-27-15-11(22)10-12(26-3)14(23)16(15)28-19;1-17-9-7-8(15)11-12(10(9)16)19-13(18-11)14-5-3-2-4-6-14;1-3-5-7-12-10(14)9-11(15)13(12)8-6-4-2;1-10-7-4-5(8)2-3-6(7)9;1-2(3)4/h10,22-23H,4-9H2,1-3H3;7H,2-6H2,1H3,(H-,15,16);3-9H2,1-2H3;2-4H,1H3;1H3,(H,3,4). The van der Waals surface area contributed by atoms with Crippen molar-refractivity contribution in [2.45, 2.75) is 121 Å². The van der Waals surface area contributed by atoms with Gasteiger partial charge in [-0.3, -0.25) is 38.8 Å². The minimum Gasteiger partial charge on any atom is -0.550 e. The summed E-state index contributed by atoms with van der Waals surface area (Å²) in [4.78, 5) is 80.2. The van der Waals surface area contributed by atoms with Crippen molar-refractivity contribution in [1.82, 2.24) is 24.6 Å². The van der Waals surface area contributed by atoms with Gasteiger partial charge in [0.2, 0.25) is 5.78 Å². The molecule has 3 aromatic rings. The van der Waals surface area contributed by atoms with Crippen LogP contribution >= 0.6 is 46.2 Å². The number of thioether (sulfide) groups is 2. The van der Waals surface area contributed by atoms with Crippen LogP contribution in [0.2, 0.25) is 0 Å². The molecule has 2 aromatic carbocycles. The lowest BCUT2D eigenvalue weighted by Crippen LogP contribution is -2.42. The molecule has 4 N–H and O–H groups in total. The molecule has 3 fully saturated rings. The van der Waals surface area contributed by atoms with Crippen LogP contribution in [0, 0.1) is 0 Å². The number of aliphatic carboxylic acids is 1. The molecule has 3 saturated heterocycles. The van der Waals surface area contributed by atoms with E-state index >= 15 is 0 Å². The molecule has 0 radical (unpaired) electrons. The van der Waals surface area contributed by atoms with Crippen LogP contribution in [0.1, 0.15) is 112 Å². The fourth-order valence-electron chi connectivity index (χ4n) is 7.73. The summed E-state index contributed by atoms with van der Waals surface area (Å²) in [6, 6.07) is 2.80. The zero-order chi connectivity index (χ0) is 56.2. The monoisotopic (exact) mass is 1130 g/mol. The van der Waals surface area contributed by atoms with Crippen LogP contribution in [-0.4, -0.2) is 142 Å². The van der Waals surface area contributed by atoms with Gasteiger partial charge in [0.15, 0.2) is 34.5 Å². The number of fused-ring (bicyclic) bond motifs is 2. The maximum Gasteiger partial charge on any atom is 0.315 e. The summed E-state index contributed by atoms with van der Waals surface area (Å²) in [6.07, 6.45) is 14.8. The van der Waals surface area contributed by atoms with Crippen molar-refractivity contribution >= 4 is 96.8 Å². The van der Waals surface area contributed by atoms with Gasteiger partial charge < -0.3 is 44.5 Å². The average Bonchev–Trinajstić information content (AvgIpc) is 4.18. The summed E-state index contributed by atoms with van der Waals surface area (Å²) in [7, 11) is 4.24. The van der Waals surface area contributed by atoms with Gasteiger partial charge in [-0.15, -0.1) is 0 Å². The van der Waals surface area contributed by atoms with Crippen molar-refractivity contribution in [2.75, 3.05) is 60.6 Å². The quantitative estimate of drug-likeness (QED) is 0.0312. The lowest BCUT2D eigenvalue weighted by atomic mass is 10.1. The first-order valence-electron chi connectivity index (χ1n) is 25.1. The third-order valence-electron chi connectivity index (χ3n) is 11.7. The number of carboxylic acids is 1. The summed E-state index contributed by atoms with van der Waals surface area (Å²) in [5, 5.41) is 56.0. The van der Waals surface area contributed by atoms with Gasteiger partial charge in [0.25, 0.3) is 23.6 Å². The number of piperidine rings is 1. The fraction of sp³-hybridized carbons (Fsp3) is 0.500. The van der Waals surface area contributed by atoms with E-state index in [1.807, 2.05) is 13.8 Å². The van der Waals surface area contributed by atoms with Crippen LogP contribution < -0.4 is 23.1 Å². The minimum absolute atomic E-state index is 0.0375. The van der Waals surface area contributed by atoms with E-state index in [0.29, 0.717) is 50.7 Å². The summed E-state index contributed by atoms with van der Waals surface area (Å²) in [6.45, 7) is 13.7. The Kier molecular flexibility index (Phi) is 25.0. The number of ether oxygens (including phenoxy) is 3. The van der Waals surface area contributed by atoms with Crippen molar-refractivity contribution in [3.8, 4) is 34.5 Å². The van der Waals surface area contributed by atoms with Crippen LogP contribution in [-0.2, 0) is 38.3 Å². The van der Waals surface area contributed by atoms with Gasteiger partial charge in [-0.1, -0.05) is 99.6 Å². The third-order valence-corrected chi connectivity index (χ3v) is 17.1. The first kappa shape index (κ1) is 62.3. The predicted octanol–water partition coefficient (Wildman–Crippen LogP) is 6.58. The molecule has 5 aliphatic rings. The smallest absolute Gasteiger partial charge is 0.315 e. The SMILES string of the molecule is CC(=O)[O-].CCCCN1C(=O)C(=C2Sc3c(O)cc(OC)c(O)c3S2)C(=O)N1CCCC.CCCCN1C(=O)CC(=O)N1CCCC.COC1=CC(=O)C=CC1=O.COc1cc(O)c2sc(=[N+]3CCCCC3)sc2c1O. The van der Waals surface area contributed by atoms with E-state index in [2.05, 4.69) is 23.2 Å². The maximum absolute atomic E-state index is 13.1. The molecule has 1 aliphatic carbocycles. The van der Waals surface area contributed by atoms with Crippen LogP contribution in [0.4, 0.5) is 0 Å². The highest BCUT2D eigenvalue weighted by Gasteiger charge is 2.45. The van der Waals surface area contributed by atoms with E-state index in [4.69, 9.17) is 19.4 Å². The molecule has 0 atom stereocenters. The zero-order valence-corrected chi connectivity index (χ0v) is 47.5. The minimum atomic E-state index is -1.08. The highest BCUT2D eigenvalue weighted by Crippen LogP contribution is 2.61. The number of benzene rings is 2. The number of methoxy groups -OCH3 is 3. The largest absolute Gasteiger partial charge is 0.550 e. The number of rotatable bonds is 15. The van der Waals surface area contributed by atoms with Crippen LogP contribution in [0.5, 0.6) is 34.5 Å². The molecular formula is C52H69N5O15S4. The molecule has 416 valence electrons. The number of ketones is 2. The van der Waals surface area contributed by atoms with E-state index in [9.17, 15) is 49.2 Å². The second kappa shape index (κ2) is 30.5. The molecule has 0 bridgehead atoms. The lowest BCUT2D eigenvalue weighted by Gasteiger charge is -2.27. The average molecular weight is 1130 g/mol. The van der Waals surface area contributed by atoms with Crippen molar-refractivity contribution in [1.29, 1.82) is 0 Å². The van der Waals surface area contributed by atoms with Gasteiger partial charge in [0.05, 0.1) is 40.1 Å². The molecule has 1 aromatic heterocycles. The van der Waals surface area contributed by atoms with Gasteiger partial charge >= 0.3 is 3.98 Å².